The van der Waals surface area contributed by atoms with Crippen LogP contribution in [0.1, 0.15) is 33.4 Å². The average Bonchev–Trinajstić information content (AvgIpc) is 1.51. The lowest BCUT2D eigenvalue weighted by atomic mass is 9.94. The molecule has 12 aromatic rings. The van der Waals surface area contributed by atoms with Gasteiger partial charge in [0.15, 0.2) is 18.6 Å². The monoisotopic (exact) mass is 1150 g/mol. The lowest BCUT2D eigenvalue weighted by Crippen LogP contribution is -2.54. The first-order valence-corrected chi connectivity index (χ1v) is 38.4. The zero-order chi connectivity index (χ0) is 59.7. The van der Waals surface area contributed by atoms with Crippen LogP contribution in [0.3, 0.4) is 0 Å². The van der Waals surface area contributed by atoms with Crippen LogP contribution in [-0.4, -0.2) is 39.2 Å². The predicted molar refractivity (Wildman–Crippen MR) is 363 cm³/mol. The molecule has 0 atom stereocenters. The lowest BCUT2D eigenvalue weighted by Gasteiger charge is -2.22. The van der Waals surface area contributed by atoms with Gasteiger partial charge in [0.2, 0.25) is 17.1 Å². The van der Waals surface area contributed by atoms with Gasteiger partial charge in [-0.1, -0.05) is 157 Å². The standard InChI is InChI=1S/C26H29N2Si.C25H27N2Si.C24H25N2Si/c1-18-15-19(2)20(3)24(16-18)26-23-11-10-22(17-21(23)12-14-28(26)4)29(5,6)25-9-7-8-13-27-25;1-18-9-10-19(2)23(16-18)25-22-12-11-21(17-20(22)13-15-27(25)3)28(4,5)24-8-6-7-14-26-24;1-18-9-5-6-10-21(18)24-22-13-12-20(17-19(22)14-16-26(24)2)27(3,4)23-11-7-8-15-25-23/h7-17H,1-6H3;6-17H,1-5H3;5-17H,1-4H3/q3*+1. The van der Waals surface area contributed by atoms with Crippen molar-refractivity contribution in [2.45, 2.75) is 80.8 Å². The second-order valence-electron chi connectivity index (χ2n) is 24.6. The van der Waals surface area contributed by atoms with E-state index >= 15 is 0 Å². The highest BCUT2D eigenvalue weighted by Crippen LogP contribution is 2.32. The molecular weight excluding hydrogens is 1070 g/mol. The molecule has 420 valence electrons. The van der Waals surface area contributed by atoms with Crippen molar-refractivity contribution in [1.82, 2.24) is 15.0 Å². The molecule has 6 aromatic heterocycles. The van der Waals surface area contributed by atoms with Gasteiger partial charge in [0.25, 0.3) is 0 Å². The van der Waals surface area contributed by atoms with Gasteiger partial charge in [-0.2, -0.15) is 0 Å². The highest BCUT2D eigenvalue weighted by atomic mass is 28.3. The number of hydrogen-bond donors (Lipinski definition) is 0. The van der Waals surface area contributed by atoms with Crippen LogP contribution in [0.2, 0.25) is 39.3 Å². The molecule has 0 N–H and O–H groups in total. The van der Waals surface area contributed by atoms with Crippen molar-refractivity contribution in [2.24, 2.45) is 21.1 Å². The summed E-state index contributed by atoms with van der Waals surface area (Å²) in [6.07, 6.45) is 12.3. The van der Waals surface area contributed by atoms with Crippen LogP contribution in [-0.2, 0) is 21.1 Å². The molecule has 84 heavy (non-hydrogen) atoms. The third-order valence-electron chi connectivity index (χ3n) is 17.6. The number of fused-ring (bicyclic) bond motifs is 3. The Bertz CT molecular complexity index is 4390. The quantitative estimate of drug-likeness (QED) is 0.107. The van der Waals surface area contributed by atoms with Crippen molar-refractivity contribution in [2.75, 3.05) is 0 Å². The SMILES string of the molecule is Cc1cc(C)c(C)c(-c2c3ccc([Si](C)(C)c4ccccn4)cc3cc[n+]2C)c1.Cc1ccc(C)c(-c2c3ccc([Si](C)(C)c4ccccn4)cc3cc[n+]2C)c1.Cc1ccccc1-c1c2ccc([Si](C)(C)c3ccccn3)cc2cc[n+]1C. The predicted octanol–water partition coefficient (Wildman–Crippen LogP) is 12.5. The molecule has 9 heteroatoms. The number of benzene rings is 6. The molecular formula is C75H81N6Si3+3. The first kappa shape index (κ1) is 58.8. The fourth-order valence-corrected chi connectivity index (χ4v) is 18.7. The molecule has 6 nitrogen and oxygen atoms in total. The van der Waals surface area contributed by atoms with E-state index in [2.05, 4.69) is 313 Å². The first-order chi connectivity index (χ1) is 40.1. The summed E-state index contributed by atoms with van der Waals surface area (Å²) >= 11 is 0. The van der Waals surface area contributed by atoms with Gasteiger partial charge in [0.05, 0.1) is 21.7 Å². The van der Waals surface area contributed by atoms with E-state index in [1.54, 1.807) is 0 Å². The van der Waals surface area contributed by atoms with Crippen molar-refractivity contribution >= 4 is 88.1 Å². The van der Waals surface area contributed by atoms with Crippen LogP contribution in [0.25, 0.3) is 66.1 Å². The maximum atomic E-state index is 4.67. The summed E-state index contributed by atoms with van der Waals surface area (Å²) in [5.41, 5.74) is 15.7. The highest BCUT2D eigenvalue weighted by molar-refractivity contribution is 7.01. The van der Waals surface area contributed by atoms with Gasteiger partial charge in [0, 0.05) is 63.9 Å². The smallest absolute Gasteiger partial charge is 0.220 e. The Kier molecular flexibility index (Phi) is 16.9. The van der Waals surface area contributed by atoms with Gasteiger partial charge in [0.1, 0.15) is 45.4 Å². The van der Waals surface area contributed by atoms with Crippen LogP contribution in [0.15, 0.2) is 219 Å². The molecule has 0 radical (unpaired) electrons. The van der Waals surface area contributed by atoms with E-state index in [-0.39, 0.29) is 0 Å². The molecule has 0 saturated carbocycles. The minimum Gasteiger partial charge on any atom is -0.266 e. The van der Waals surface area contributed by atoms with Crippen molar-refractivity contribution in [3.8, 4) is 33.8 Å². The van der Waals surface area contributed by atoms with E-state index < -0.39 is 24.2 Å². The summed E-state index contributed by atoms with van der Waals surface area (Å²) in [5, 5.41) is 15.7. The van der Waals surface area contributed by atoms with Crippen LogP contribution < -0.4 is 45.2 Å². The fourth-order valence-electron chi connectivity index (χ4n) is 12.0. The Hall–Kier alpha value is -8.35. The molecule has 0 saturated heterocycles. The highest BCUT2D eigenvalue weighted by Gasteiger charge is 2.32. The number of pyridine rings is 6. The summed E-state index contributed by atoms with van der Waals surface area (Å²) in [7, 11) is 0.945. The minimum absolute atomic E-state index is 1.23. The number of aromatic nitrogens is 6. The summed E-state index contributed by atoms with van der Waals surface area (Å²) in [6, 6.07) is 66.4. The number of aryl methyl sites for hydroxylation is 8. The van der Waals surface area contributed by atoms with E-state index in [0.717, 1.165) is 0 Å². The third kappa shape index (κ3) is 11.8. The summed E-state index contributed by atoms with van der Waals surface area (Å²) in [5.74, 6) is 0. The molecule has 0 bridgehead atoms. The fraction of sp³-hybridized carbons (Fsp3) is 0.200. The summed E-state index contributed by atoms with van der Waals surface area (Å²) < 4.78 is 6.72. The normalized spacial score (nSPS) is 11.8. The Morgan fingerprint density at radius 2 is 0.679 bits per heavy atom. The molecule has 0 spiro atoms. The van der Waals surface area contributed by atoms with E-state index in [4.69, 9.17) is 0 Å². The Labute approximate surface area is 502 Å². The van der Waals surface area contributed by atoms with Crippen molar-refractivity contribution in [3.63, 3.8) is 0 Å². The second-order valence-corrected chi connectivity index (χ2v) is 37.7. The van der Waals surface area contributed by atoms with Gasteiger partial charge in [-0.05, 0) is 153 Å². The minimum atomic E-state index is -1.83. The number of hydrogen-bond acceptors (Lipinski definition) is 3. The van der Waals surface area contributed by atoms with Crippen LogP contribution in [0.4, 0.5) is 0 Å². The Balaban J connectivity index is 0.000000140. The zero-order valence-electron chi connectivity index (χ0n) is 52.0. The average molecular weight is 1150 g/mol. The topological polar surface area (TPSA) is 50.3 Å². The largest absolute Gasteiger partial charge is 0.266 e. The Morgan fingerprint density at radius 1 is 0.310 bits per heavy atom. The zero-order valence-corrected chi connectivity index (χ0v) is 55.0. The molecule has 0 fully saturated rings. The van der Waals surface area contributed by atoms with E-state index in [1.165, 1.54) is 131 Å². The van der Waals surface area contributed by atoms with Gasteiger partial charge >= 0.3 is 0 Å². The summed E-state index contributed by atoms with van der Waals surface area (Å²) in [4.78, 5) is 14.0. The Morgan fingerprint density at radius 3 is 1.08 bits per heavy atom. The molecule has 0 unspecified atom stereocenters. The molecule has 0 amide bonds. The van der Waals surface area contributed by atoms with Crippen molar-refractivity contribution in [3.05, 3.63) is 253 Å². The molecule has 0 aliphatic heterocycles. The molecule has 6 aromatic carbocycles. The molecule has 0 aliphatic rings. The molecule has 12 rings (SSSR count). The van der Waals surface area contributed by atoms with Crippen molar-refractivity contribution in [1.29, 1.82) is 0 Å². The third-order valence-corrected chi connectivity index (χ3v) is 27.6. The number of rotatable bonds is 9. The van der Waals surface area contributed by atoms with Gasteiger partial charge in [-0.25, -0.2) is 13.7 Å². The second kappa shape index (κ2) is 24.1. The van der Waals surface area contributed by atoms with E-state index in [1.807, 2.05) is 36.8 Å². The first-order valence-electron chi connectivity index (χ1n) is 29.4. The van der Waals surface area contributed by atoms with Gasteiger partial charge < -0.3 is 0 Å². The van der Waals surface area contributed by atoms with Crippen LogP contribution >= 0.6 is 0 Å². The number of nitrogens with zero attached hydrogens (tertiary/aromatic N) is 6. The van der Waals surface area contributed by atoms with Gasteiger partial charge in [-0.15, -0.1) is 0 Å². The van der Waals surface area contributed by atoms with E-state index in [9.17, 15) is 0 Å². The lowest BCUT2D eigenvalue weighted by molar-refractivity contribution is -0.659. The molecule has 6 heterocycles. The van der Waals surface area contributed by atoms with E-state index in [0.29, 0.717) is 0 Å². The van der Waals surface area contributed by atoms with Crippen LogP contribution in [0, 0.1) is 41.5 Å². The van der Waals surface area contributed by atoms with Crippen molar-refractivity contribution < 1.29 is 13.7 Å². The maximum Gasteiger partial charge on any atom is 0.220 e. The maximum absolute atomic E-state index is 4.67. The molecule has 0 aliphatic carbocycles. The van der Waals surface area contributed by atoms with Crippen LogP contribution in [0.5, 0.6) is 0 Å². The summed E-state index contributed by atoms with van der Waals surface area (Å²) in [6.45, 7) is 27.4. The van der Waals surface area contributed by atoms with Gasteiger partial charge in [-0.3, -0.25) is 15.0 Å².